The first-order valence-corrected chi connectivity index (χ1v) is 9.95. The van der Waals surface area contributed by atoms with Crippen LogP contribution in [-0.2, 0) is 12.8 Å². The molecule has 0 aliphatic heterocycles. The van der Waals surface area contributed by atoms with Gasteiger partial charge in [-0.05, 0) is 49.4 Å². The number of nitrogens with two attached hydrogens (primary N) is 1. The molecule has 7 heteroatoms. The molecular formula is C20H23N3O3S. The van der Waals surface area contributed by atoms with Crippen molar-refractivity contribution in [3.8, 4) is 0 Å². The van der Waals surface area contributed by atoms with Crippen LogP contribution in [0.25, 0.3) is 10.2 Å². The minimum atomic E-state index is -0.885. The van der Waals surface area contributed by atoms with E-state index in [0.717, 1.165) is 38.5 Å². The number of aromatic nitrogens is 2. The standard InChI is InChI=1S/C20H23N3O3S/c21-20-22-17(24)16-12-15(27-18(16)23-20)7-5-3-1-2-4-6-13-8-10-14(11-9-13)19(25)26/h8-12H,1-7H2,(H,25,26)(H3,21,22,23,24). The topological polar surface area (TPSA) is 109 Å². The molecule has 0 saturated heterocycles. The maximum atomic E-state index is 11.8. The lowest BCUT2D eigenvalue weighted by Gasteiger charge is -2.03. The number of carboxylic acids is 1. The summed E-state index contributed by atoms with van der Waals surface area (Å²) in [6.07, 6.45) is 7.61. The minimum absolute atomic E-state index is 0.165. The maximum Gasteiger partial charge on any atom is 0.335 e. The normalized spacial score (nSPS) is 11.1. The molecule has 0 aliphatic rings. The van der Waals surface area contributed by atoms with Crippen LogP contribution in [0.15, 0.2) is 35.1 Å². The predicted molar refractivity (Wildman–Crippen MR) is 109 cm³/mol. The molecule has 142 valence electrons. The van der Waals surface area contributed by atoms with Gasteiger partial charge in [0.2, 0.25) is 5.95 Å². The Morgan fingerprint density at radius 3 is 2.44 bits per heavy atom. The molecule has 0 bridgehead atoms. The summed E-state index contributed by atoms with van der Waals surface area (Å²) in [5.74, 6) is -0.720. The molecule has 27 heavy (non-hydrogen) atoms. The third-order valence-electron chi connectivity index (χ3n) is 4.56. The van der Waals surface area contributed by atoms with Crippen molar-refractivity contribution in [3.63, 3.8) is 0 Å². The molecule has 6 nitrogen and oxygen atoms in total. The van der Waals surface area contributed by atoms with E-state index >= 15 is 0 Å². The number of hydrogen-bond acceptors (Lipinski definition) is 5. The van der Waals surface area contributed by atoms with E-state index in [1.165, 1.54) is 16.9 Å². The van der Waals surface area contributed by atoms with Crippen LogP contribution in [0, 0.1) is 0 Å². The van der Waals surface area contributed by atoms with Gasteiger partial charge in [-0.15, -0.1) is 11.3 Å². The Hall–Kier alpha value is -2.67. The zero-order chi connectivity index (χ0) is 19.2. The Kier molecular flexibility index (Phi) is 6.24. The number of aryl methyl sites for hydroxylation is 2. The number of carboxylic acid groups (broad SMARTS) is 1. The first-order chi connectivity index (χ1) is 13.0. The van der Waals surface area contributed by atoms with E-state index in [0.29, 0.717) is 15.8 Å². The SMILES string of the molecule is Nc1nc2sc(CCCCCCCc3ccc(C(=O)O)cc3)cc2c(=O)[nH]1. The molecule has 0 amide bonds. The van der Waals surface area contributed by atoms with Crippen LogP contribution in [0.2, 0.25) is 0 Å². The first-order valence-electron chi connectivity index (χ1n) is 9.13. The summed E-state index contributed by atoms with van der Waals surface area (Å²) >= 11 is 1.54. The van der Waals surface area contributed by atoms with Crippen LogP contribution < -0.4 is 11.3 Å². The fourth-order valence-electron chi connectivity index (χ4n) is 3.09. The summed E-state index contributed by atoms with van der Waals surface area (Å²) < 4.78 is 0. The molecule has 0 atom stereocenters. The molecule has 0 aliphatic carbocycles. The molecule has 3 rings (SSSR count). The lowest BCUT2D eigenvalue weighted by Crippen LogP contribution is -2.09. The number of benzene rings is 1. The molecule has 0 spiro atoms. The zero-order valence-electron chi connectivity index (χ0n) is 15.0. The van der Waals surface area contributed by atoms with Gasteiger partial charge in [0, 0.05) is 4.88 Å². The van der Waals surface area contributed by atoms with E-state index in [9.17, 15) is 9.59 Å². The van der Waals surface area contributed by atoms with E-state index in [2.05, 4.69) is 9.97 Å². The number of aromatic carboxylic acids is 1. The molecule has 1 aromatic carbocycles. The second kappa shape index (κ2) is 8.81. The second-order valence-electron chi connectivity index (χ2n) is 6.65. The number of rotatable bonds is 9. The smallest absolute Gasteiger partial charge is 0.335 e. The van der Waals surface area contributed by atoms with Gasteiger partial charge in [-0.2, -0.15) is 0 Å². The van der Waals surface area contributed by atoms with Crippen LogP contribution in [0.5, 0.6) is 0 Å². The maximum absolute atomic E-state index is 11.8. The Bertz CT molecular complexity index is 976. The Labute approximate surface area is 161 Å². The number of nitrogen functional groups attached to an aromatic ring is 1. The third-order valence-corrected chi connectivity index (χ3v) is 5.65. The van der Waals surface area contributed by atoms with E-state index in [-0.39, 0.29) is 11.5 Å². The number of H-pyrrole nitrogens is 1. The van der Waals surface area contributed by atoms with Crippen molar-refractivity contribution < 1.29 is 9.90 Å². The number of carbonyl (C=O) groups is 1. The molecule has 4 N–H and O–H groups in total. The molecule has 3 aromatic rings. The summed E-state index contributed by atoms with van der Waals surface area (Å²) in [6.45, 7) is 0. The van der Waals surface area contributed by atoms with Gasteiger partial charge in [0.15, 0.2) is 0 Å². The quantitative estimate of drug-likeness (QED) is 0.482. The zero-order valence-corrected chi connectivity index (χ0v) is 15.8. The van der Waals surface area contributed by atoms with Crippen LogP contribution in [0.4, 0.5) is 5.95 Å². The number of nitrogens with zero attached hydrogens (tertiary/aromatic N) is 1. The average Bonchev–Trinajstić information content (AvgIpc) is 3.04. The molecular weight excluding hydrogens is 362 g/mol. The van der Waals surface area contributed by atoms with Crippen LogP contribution >= 0.6 is 11.3 Å². The molecule has 0 unspecified atom stereocenters. The van der Waals surface area contributed by atoms with Gasteiger partial charge in [0.1, 0.15) is 4.83 Å². The van der Waals surface area contributed by atoms with Gasteiger partial charge in [0.05, 0.1) is 10.9 Å². The summed E-state index contributed by atoms with van der Waals surface area (Å²) in [5, 5.41) is 9.52. The summed E-state index contributed by atoms with van der Waals surface area (Å²) in [6, 6.07) is 9.04. The number of nitrogens with one attached hydrogen (secondary N) is 1. The van der Waals surface area contributed by atoms with Crippen molar-refractivity contribution in [2.45, 2.75) is 44.9 Å². The lowest BCUT2D eigenvalue weighted by molar-refractivity contribution is 0.0697. The number of thiophene rings is 1. The number of anilines is 1. The van der Waals surface area contributed by atoms with Gasteiger partial charge in [0.25, 0.3) is 5.56 Å². The van der Waals surface area contributed by atoms with Crippen molar-refractivity contribution >= 4 is 33.5 Å². The highest BCUT2D eigenvalue weighted by molar-refractivity contribution is 7.18. The highest BCUT2D eigenvalue weighted by Gasteiger charge is 2.07. The van der Waals surface area contributed by atoms with Crippen LogP contribution in [0.3, 0.4) is 0 Å². The van der Waals surface area contributed by atoms with Crippen LogP contribution in [-0.4, -0.2) is 21.0 Å². The van der Waals surface area contributed by atoms with E-state index < -0.39 is 5.97 Å². The molecule has 2 heterocycles. The summed E-state index contributed by atoms with van der Waals surface area (Å²) in [5.41, 5.74) is 6.92. The fraction of sp³-hybridized carbons (Fsp3) is 0.350. The van der Waals surface area contributed by atoms with Crippen molar-refractivity contribution in [1.29, 1.82) is 0 Å². The van der Waals surface area contributed by atoms with Crippen molar-refractivity contribution in [2.75, 3.05) is 5.73 Å². The number of fused-ring (bicyclic) bond motifs is 1. The van der Waals surface area contributed by atoms with Crippen molar-refractivity contribution in [2.24, 2.45) is 0 Å². The van der Waals surface area contributed by atoms with Gasteiger partial charge in [-0.3, -0.25) is 9.78 Å². The molecule has 0 saturated carbocycles. The monoisotopic (exact) mass is 385 g/mol. The second-order valence-corrected chi connectivity index (χ2v) is 7.77. The fourth-order valence-corrected chi connectivity index (χ4v) is 4.17. The highest BCUT2D eigenvalue weighted by Crippen LogP contribution is 2.23. The summed E-state index contributed by atoms with van der Waals surface area (Å²) in [4.78, 5) is 31.3. The summed E-state index contributed by atoms with van der Waals surface area (Å²) in [7, 11) is 0. The van der Waals surface area contributed by atoms with E-state index in [1.54, 1.807) is 23.5 Å². The predicted octanol–water partition coefficient (Wildman–Crippen LogP) is 4.00. The minimum Gasteiger partial charge on any atom is -0.478 e. The average molecular weight is 385 g/mol. The third kappa shape index (κ3) is 5.17. The number of hydrogen-bond donors (Lipinski definition) is 3. The number of aromatic amines is 1. The molecule has 2 aromatic heterocycles. The number of unbranched alkanes of at least 4 members (excludes halogenated alkanes) is 4. The Morgan fingerprint density at radius 2 is 1.74 bits per heavy atom. The van der Waals surface area contributed by atoms with Crippen molar-refractivity contribution in [3.05, 3.63) is 56.7 Å². The Balaban J connectivity index is 1.35. The largest absolute Gasteiger partial charge is 0.478 e. The molecule has 0 radical (unpaired) electrons. The highest BCUT2D eigenvalue weighted by atomic mass is 32.1. The van der Waals surface area contributed by atoms with Gasteiger partial charge < -0.3 is 10.8 Å². The van der Waals surface area contributed by atoms with Crippen LogP contribution in [0.1, 0.15) is 52.9 Å². The van der Waals surface area contributed by atoms with Gasteiger partial charge in [-0.25, -0.2) is 9.78 Å². The van der Waals surface area contributed by atoms with Gasteiger partial charge in [-0.1, -0.05) is 31.4 Å². The van der Waals surface area contributed by atoms with E-state index in [4.69, 9.17) is 10.8 Å². The molecule has 0 fully saturated rings. The van der Waals surface area contributed by atoms with Gasteiger partial charge >= 0.3 is 5.97 Å². The first kappa shape index (κ1) is 19.1. The lowest BCUT2D eigenvalue weighted by atomic mass is 10.0. The van der Waals surface area contributed by atoms with Crippen molar-refractivity contribution in [1.82, 2.24) is 9.97 Å². The van der Waals surface area contributed by atoms with E-state index in [1.807, 2.05) is 18.2 Å². The Morgan fingerprint density at radius 1 is 1.07 bits per heavy atom.